The number of piperidine rings is 1. The number of carboxylic acid groups (broad SMARTS) is 1. The van der Waals surface area contributed by atoms with Crippen molar-refractivity contribution in [2.24, 2.45) is 11.8 Å². The van der Waals surface area contributed by atoms with Crippen molar-refractivity contribution >= 4 is 17.8 Å². The summed E-state index contributed by atoms with van der Waals surface area (Å²) in [6, 6.07) is 7.30. The van der Waals surface area contributed by atoms with E-state index in [1.54, 1.807) is 17.0 Å². The molecule has 0 radical (unpaired) electrons. The van der Waals surface area contributed by atoms with Gasteiger partial charge in [0.15, 0.2) is 0 Å². The van der Waals surface area contributed by atoms with Gasteiger partial charge in [-0.1, -0.05) is 25.0 Å². The van der Waals surface area contributed by atoms with Gasteiger partial charge in [-0.25, -0.2) is 0 Å². The van der Waals surface area contributed by atoms with E-state index < -0.39 is 5.97 Å². The lowest BCUT2D eigenvalue weighted by Crippen LogP contribution is -2.40. The van der Waals surface area contributed by atoms with E-state index in [-0.39, 0.29) is 23.7 Å². The first-order valence-corrected chi connectivity index (χ1v) is 9.43. The zero-order valence-corrected chi connectivity index (χ0v) is 14.9. The number of hydrogen-bond acceptors (Lipinski definition) is 3. The lowest BCUT2D eigenvalue weighted by Gasteiger charge is -2.30. The topological polar surface area (TPSA) is 86.7 Å². The maximum Gasteiger partial charge on any atom is 0.306 e. The standard InChI is InChI=1S/C20H26N2O4/c23-18(15-3-1-2-4-15)21-13-14-5-7-16(8-6-14)19(24)22-11-9-17(10-12-22)20(25)26/h5-8,15,17H,1-4,9-13H2,(H,21,23)(H,25,26). The van der Waals surface area contributed by atoms with Crippen LogP contribution in [0, 0.1) is 11.8 Å². The van der Waals surface area contributed by atoms with Crippen molar-refractivity contribution in [2.75, 3.05) is 13.1 Å². The third kappa shape index (κ3) is 4.42. The van der Waals surface area contributed by atoms with E-state index in [0.29, 0.717) is 38.0 Å². The summed E-state index contributed by atoms with van der Waals surface area (Å²) in [5.41, 5.74) is 1.57. The molecule has 3 rings (SSSR count). The fourth-order valence-electron chi connectivity index (χ4n) is 3.80. The zero-order valence-electron chi connectivity index (χ0n) is 14.9. The minimum atomic E-state index is -0.777. The number of aliphatic carboxylic acids is 1. The number of rotatable bonds is 5. The highest BCUT2D eigenvalue weighted by Crippen LogP contribution is 2.24. The van der Waals surface area contributed by atoms with Crippen LogP contribution in [0.1, 0.15) is 54.4 Å². The monoisotopic (exact) mass is 358 g/mol. The van der Waals surface area contributed by atoms with Gasteiger partial charge in [0.1, 0.15) is 0 Å². The predicted octanol–water partition coefficient (Wildman–Crippen LogP) is 2.43. The number of hydrogen-bond donors (Lipinski definition) is 2. The van der Waals surface area contributed by atoms with Gasteiger partial charge in [0.05, 0.1) is 5.92 Å². The molecule has 2 amide bonds. The first-order valence-electron chi connectivity index (χ1n) is 9.43. The van der Waals surface area contributed by atoms with Crippen molar-refractivity contribution in [3.8, 4) is 0 Å². The molecule has 140 valence electrons. The van der Waals surface area contributed by atoms with E-state index in [0.717, 1.165) is 31.2 Å². The summed E-state index contributed by atoms with van der Waals surface area (Å²) >= 11 is 0. The van der Waals surface area contributed by atoms with Crippen molar-refractivity contribution in [1.29, 1.82) is 0 Å². The molecule has 1 aromatic rings. The average Bonchev–Trinajstić information content (AvgIpc) is 3.21. The van der Waals surface area contributed by atoms with Crippen LogP contribution < -0.4 is 5.32 Å². The summed E-state index contributed by atoms with van der Waals surface area (Å²) in [5, 5.41) is 12.0. The van der Waals surface area contributed by atoms with E-state index in [4.69, 9.17) is 5.11 Å². The average molecular weight is 358 g/mol. The van der Waals surface area contributed by atoms with E-state index in [1.807, 2.05) is 12.1 Å². The maximum absolute atomic E-state index is 12.5. The highest BCUT2D eigenvalue weighted by Gasteiger charge is 2.27. The number of benzene rings is 1. The van der Waals surface area contributed by atoms with Crippen LogP contribution in [-0.4, -0.2) is 40.9 Å². The molecule has 1 aliphatic heterocycles. The summed E-state index contributed by atoms with van der Waals surface area (Å²) in [7, 11) is 0. The minimum Gasteiger partial charge on any atom is -0.481 e. The van der Waals surface area contributed by atoms with Crippen LogP contribution in [-0.2, 0) is 16.1 Å². The number of carbonyl (C=O) groups excluding carboxylic acids is 2. The fourth-order valence-corrected chi connectivity index (χ4v) is 3.80. The lowest BCUT2D eigenvalue weighted by molar-refractivity contribution is -0.143. The Hall–Kier alpha value is -2.37. The van der Waals surface area contributed by atoms with Gasteiger partial charge in [-0.15, -0.1) is 0 Å². The number of nitrogens with zero attached hydrogens (tertiary/aromatic N) is 1. The molecule has 1 saturated carbocycles. The van der Waals surface area contributed by atoms with Crippen molar-refractivity contribution in [1.82, 2.24) is 10.2 Å². The Bertz CT molecular complexity index is 657. The molecular formula is C20H26N2O4. The molecule has 0 unspecified atom stereocenters. The highest BCUT2D eigenvalue weighted by atomic mass is 16.4. The number of likely N-dealkylation sites (tertiary alicyclic amines) is 1. The molecule has 1 heterocycles. The fraction of sp³-hybridized carbons (Fsp3) is 0.550. The Morgan fingerprint density at radius 1 is 0.962 bits per heavy atom. The molecule has 2 aliphatic rings. The second-order valence-electron chi connectivity index (χ2n) is 7.30. The molecule has 6 heteroatoms. The lowest BCUT2D eigenvalue weighted by atomic mass is 9.96. The third-order valence-electron chi connectivity index (χ3n) is 5.53. The minimum absolute atomic E-state index is 0.0598. The predicted molar refractivity (Wildman–Crippen MR) is 96.5 cm³/mol. The molecule has 6 nitrogen and oxygen atoms in total. The smallest absolute Gasteiger partial charge is 0.306 e. The van der Waals surface area contributed by atoms with Crippen LogP contribution in [0.25, 0.3) is 0 Å². The van der Waals surface area contributed by atoms with Crippen molar-refractivity contribution < 1.29 is 19.5 Å². The normalized spacial score (nSPS) is 18.7. The molecular weight excluding hydrogens is 332 g/mol. The molecule has 26 heavy (non-hydrogen) atoms. The van der Waals surface area contributed by atoms with Gasteiger partial charge in [-0.3, -0.25) is 14.4 Å². The number of carbonyl (C=O) groups is 3. The summed E-state index contributed by atoms with van der Waals surface area (Å²) in [6.07, 6.45) is 5.26. The summed E-state index contributed by atoms with van der Waals surface area (Å²) < 4.78 is 0. The highest BCUT2D eigenvalue weighted by molar-refractivity contribution is 5.94. The van der Waals surface area contributed by atoms with Gasteiger partial charge in [-0.2, -0.15) is 0 Å². The van der Waals surface area contributed by atoms with Gasteiger partial charge in [-0.05, 0) is 43.4 Å². The molecule has 1 aromatic carbocycles. The van der Waals surface area contributed by atoms with E-state index in [1.165, 1.54) is 0 Å². The second-order valence-corrected chi connectivity index (χ2v) is 7.30. The SMILES string of the molecule is O=C(O)C1CCN(C(=O)c2ccc(CNC(=O)C3CCCC3)cc2)CC1. The van der Waals surface area contributed by atoms with Crippen molar-refractivity contribution in [2.45, 2.75) is 45.1 Å². The van der Waals surface area contributed by atoms with Crippen molar-refractivity contribution in [3.63, 3.8) is 0 Å². The molecule has 0 spiro atoms. The van der Waals surface area contributed by atoms with Crippen LogP contribution in [0.5, 0.6) is 0 Å². The largest absolute Gasteiger partial charge is 0.481 e. The van der Waals surface area contributed by atoms with Gasteiger partial charge in [0.25, 0.3) is 5.91 Å². The number of nitrogens with one attached hydrogen (secondary N) is 1. The Morgan fingerprint density at radius 3 is 2.15 bits per heavy atom. The van der Waals surface area contributed by atoms with E-state index in [9.17, 15) is 14.4 Å². The maximum atomic E-state index is 12.5. The third-order valence-corrected chi connectivity index (χ3v) is 5.53. The Labute approximate surface area is 153 Å². The molecule has 1 saturated heterocycles. The Morgan fingerprint density at radius 2 is 1.58 bits per heavy atom. The molecule has 2 N–H and O–H groups in total. The first-order chi connectivity index (χ1) is 12.5. The first kappa shape index (κ1) is 18.4. The van der Waals surface area contributed by atoms with Crippen molar-refractivity contribution in [3.05, 3.63) is 35.4 Å². The molecule has 0 atom stereocenters. The number of carboxylic acids is 1. The second kappa shape index (κ2) is 8.34. The number of amides is 2. The van der Waals surface area contributed by atoms with E-state index in [2.05, 4.69) is 5.32 Å². The summed E-state index contributed by atoms with van der Waals surface area (Å²) in [6.45, 7) is 1.44. The molecule has 0 bridgehead atoms. The summed E-state index contributed by atoms with van der Waals surface area (Å²) in [5.74, 6) is -0.894. The Kier molecular flexibility index (Phi) is 5.91. The van der Waals surface area contributed by atoms with Crippen LogP contribution in [0.15, 0.2) is 24.3 Å². The zero-order chi connectivity index (χ0) is 18.5. The van der Waals surface area contributed by atoms with Crippen LogP contribution >= 0.6 is 0 Å². The quantitative estimate of drug-likeness (QED) is 0.846. The van der Waals surface area contributed by atoms with Gasteiger partial charge in [0.2, 0.25) is 5.91 Å². The summed E-state index contributed by atoms with van der Waals surface area (Å²) in [4.78, 5) is 37.3. The molecule has 2 fully saturated rings. The van der Waals surface area contributed by atoms with Gasteiger partial charge < -0.3 is 15.3 Å². The van der Waals surface area contributed by atoms with Crippen LogP contribution in [0.2, 0.25) is 0 Å². The molecule has 1 aliphatic carbocycles. The Balaban J connectivity index is 1.50. The van der Waals surface area contributed by atoms with Gasteiger partial charge >= 0.3 is 5.97 Å². The van der Waals surface area contributed by atoms with Gasteiger partial charge in [0, 0.05) is 31.1 Å². The van der Waals surface area contributed by atoms with E-state index >= 15 is 0 Å². The van der Waals surface area contributed by atoms with Crippen LogP contribution in [0.4, 0.5) is 0 Å². The van der Waals surface area contributed by atoms with Crippen LogP contribution in [0.3, 0.4) is 0 Å². The molecule has 0 aromatic heterocycles.